The summed E-state index contributed by atoms with van der Waals surface area (Å²) in [5.74, 6) is 0.632. The van der Waals surface area contributed by atoms with Crippen LogP contribution in [-0.4, -0.2) is 24.9 Å². The van der Waals surface area contributed by atoms with Gasteiger partial charge in [0.1, 0.15) is 0 Å². The van der Waals surface area contributed by atoms with E-state index in [0.29, 0.717) is 12.4 Å². The largest absolute Gasteiger partial charge is 0.389 e. The average molecular weight is 219 g/mol. The maximum atomic E-state index is 11.6. The van der Waals surface area contributed by atoms with Crippen LogP contribution in [0.1, 0.15) is 12.8 Å². The molecule has 0 amide bonds. The Kier molecular flexibility index (Phi) is 6.04. The van der Waals surface area contributed by atoms with E-state index >= 15 is 0 Å². The lowest BCUT2D eigenvalue weighted by atomic mass is 10.3. The van der Waals surface area contributed by atoms with Gasteiger partial charge in [-0.1, -0.05) is 11.2 Å². The normalized spacial score (nSPS) is 14.7. The van der Waals surface area contributed by atoms with Crippen LogP contribution in [0.25, 0.3) is 0 Å². The van der Waals surface area contributed by atoms with Crippen molar-refractivity contribution in [1.82, 2.24) is 5.32 Å². The number of halogens is 3. The summed E-state index contributed by atoms with van der Waals surface area (Å²) in [6, 6.07) is 0. The lowest BCUT2D eigenvalue weighted by Crippen LogP contribution is -2.21. The third-order valence-electron chi connectivity index (χ3n) is 1.12. The summed E-state index contributed by atoms with van der Waals surface area (Å²) < 4.78 is 34.8. The van der Waals surface area contributed by atoms with Crippen molar-refractivity contribution in [3.8, 4) is 0 Å². The van der Waals surface area contributed by atoms with Gasteiger partial charge < -0.3 is 5.32 Å². The van der Waals surface area contributed by atoms with Crippen LogP contribution in [0.2, 0.25) is 0 Å². The molecule has 0 aromatic carbocycles. The molecule has 0 radical (unpaired) electrons. The molecule has 12 heavy (non-hydrogen) atoms. The summed E-state index contributed by atoms with van der Waals surface area (Å²) >= 11 is 4.84. The van der Waals surface area contributed by atoms with Crippen LogP contribution in [0, 0.1) is 0 Å². The van der Waals surface area contributed by atoms with Crippen LogP contribution >= 0.6 is 0 Å². The zero-order valence-electron chi connectivity index (χ0n) is 6.78. The fraction of sp³-hybridized carbons (Fsp3) is 1.00. The van der Waals surface area contributed by atoms with E-state index in [1.807, 2.05) is 6.26 Å². The fourth-order valence-corrected chi connectivity index (χ4v) is 1.31. The van der Waals surface area contributed by atoms with E-state index in [9.17, 15) is 13.2 Å². The van der Waals surface area contributed by atoms with Crippen LogP contribution in [0.3, 0.4) is 0 Å². The predicted molar refractivity (Wildman–Crippen MR) is 48.8 cm³/mol. The SMILES string of the molecule is CS(=S)CNCCCC(F)(F)F. The predicted octanol–water partition coefficient (Wildman–Crippen LogP) is 1.59. The summed E-state index contributed by atoms with van der Waals surface area (Å²) in [7, 11) is -0.149. The van der Waals surface area contributed by atoms with Crippen LogP contribution < -0.4 is 5.32 Å². The number of rotatable bonds is 5. The molecule has 6 heteroatoms. The first kappa shape index (κ1) is 12.3. The van der Waals surface area contributed by atoms with E-state index in [4.69, 9.17) is 11.2 Å². The van der Waals surface area contributed by atoms with Gasteiger partial charge in [-0.2, -0.15) is 13.2 Å². The Balaban J connectivity index is 3.17. The number of hydrogen-bond acceptors (Lipinski definition) is 2. The van der Waals surface area contributed by atoms with Gasteiger partial charge in [-0.05, 0) is 19.2 Å². The molecule has 1 nitrogen and oxygen atoms in total. The molecule has 0 aromatic heterocycles. The Morgan fingerprint density at radius 3 is 2.42 bits per heavy atom. The van der Waals surface area contributed by atoms with Gasteiger partial charge >= 0.3 is 6.18 Å². The Bertz CT molecular complexity index is 146. The second-order valence-corrected chi connectivity index (χ2v) is 5.58. The Labute approximate surface area is 77.3 Å². The number of nitrogens with one attached hydrogen (secondary N) is 1. The molecule has 0 spiro atoms. The van der Waals surface area contributed by atoms with Crippen molar-refractivity contribution in [3.63, 3.8) is 0 Å². The standard InChI is InChI=1S/C6H12F3NS2/c1-12(11)5-10-4-2-3-6(7,8)9/h10H,2-5H2,1H3. The molecule has 0 rings (SSSR count). The molecule has 0 aliphatic heterocycles. The zero-order chi connectivity index (χ0) is 9.61. The van der Waals surface area contributed by atoms with E-state index in [2.05, 4.69) is 5.32 Å². The first-order valence-electron chi connectivity index (χ1n) is 3.49. The summed E-state index contributed by atoms with van der Waals surface area (Å²) in [4.78, 5) is 0. The van der Waals surface area contributed by atoms with Crippen LogP contribution in [-0.2, 0) is 20.6 Å². The molecule has 1 unspecified atom stereocenters. The van der Waals surface area contributed by atoms with Crippen molar-refractivity contribution in [3.05, 3.63) is 0 Å². The van der Waals surface area contributed by atoms with Crippen molar-refractivity contribution in [1.29, 1.82) is 0 Å². The van der Waals surface area contributed by atoms with Crippen molar-refractivity contribution in [2.24, 2.45) is 0 Å². The molecule has 0 bridgehead atoms. The summed E-state index contributed by atoms with van der Waals surface area (Å²) in [5, 5.41) is 2.87. The lowest BCUT2D eigenvalue weighted by Gasteiger charge is -2.06. The molecule has 0 heterocycles. The third kappa shape index (κ3) is 10.3. The highest BCUT2D eigenvalue weighted by Crippen LogP contribution is 2.20. The first-order valence-corrected chi connectivity index (χ1v) is 6.22. The first-order chi connectivity index (χ1) is 5.42. The van der Waals surface area contributed by atoms with Crippen molar-refractivity contribution >= 4 is 20.6 Å². The average Bonchev–Trinajstić information content (AvgIpc) is 1.83. The van der Waals surface area contributed by atoms with Crippen LogP contribution in [0.5, 0.6) is 0 Å². The van der Waals surface area contributed by atoms with Crippen molar-refractivity contribution in [2.75, 3.05) is 18.7 Å². The monoisotopic (exact) mass is 219 g/mol. The minimum absolute atomic E-state index is 0.135. The molecule has 74 valence electrons. The summed E-state index contributed by atoms with van der Waals surface area (Å²) in [5.41, 5.74) is 0. The molecular weight excluding hydrogens is 207 g/mol. The Hall–Kier alpha value is 0.320. The molecule has 1 N–H and O–H groups in total. The van der Waals surface area contributed by atoms with E-state index in [1.54, 1.807) is 0 Å². The highest BCUT2D eigenvalue weighted by Gasteiger charge is 2.25. The van der Waals surface area contributed by atoms with Crippen molar-refractivity contribution < 1.29 is 13.2 Å². The summed E-state index contributed by atoms with van der Waals surface area (Å²) in [6.45, 7) is 0.396. The minimum Gasteiger partial charge on any atom is -0.308 e. The van der Waals surface area contributed by atoms with Crippen molar-refractivity contribution in [2.45, 2.75) is 19.0 Å². The Morgan fingerprint density at radius 2 is 2.00 bits per heavy atom. The van der Waals surface area contributed by atoms with Gasteiger partial charge in [0.05, 0.1) is 0 Å². The molecule has 0 fully saturated rings. The van der Waals surface area contributed by atoms with Gasteiger partial charge in [0.2, 0.25) is 0 Å². The van der Waals surface area contributed by atoms with Gasteiger partial charge in [-0.25, -0.2) is 0 Å². The number of hydrogen-bond donors (Lipinski definition) is 1. The van der Waals surface area contributed by atoms with Gasteiger partial charge in [0, 0.05) is 12.3 Å². The second kappa shape index (κ2) is 5.88. The van der Waals surface area contributed by atoms with Crippen LogP contribution in [0.15, 0.2) is 0 Å². The minimum atomic E-state index is -4.02. The van der Waals surface area contributed by atoms with Gasteiger partial charge in [0.15, 0.2) is 0 Å². The Morgan fingerprint density at radius 1 is 1.42 bits per heavy atom. The van der Waals surface area contributed by atoms with E-state index < -0.39 is 12.6 Å². The van der Waals surface area contributed by atoms with Gasteiger partial charge in [-0.3, -0.25) is 0 Å². The third-order valence-corrected chi connectivity index (χ3v) is 2.08. The molecule has 0 aromatic rings. The molecule has 0 saturated heterocycles. The maximum absolute atomic E-state index is 11.6. The van der Waals surface area contributed by atoms with Crippen LogP contribution in [0.4, 0.5) is 13.2 Å². The fourth-order valence-electron chi connectivity index (χ4n) is 0.630. The molecule has 0 aliphatic carbocycles. The molecule has 1 atom stereocenters. The maximum Gasteiger partial charge on any atom is 0.389 e. The van der Waals surface area contributed by atoms with E-state index in [1.165, 1.54) is 0 Å². The van der Waals surface area contributed by atoms with E-state index in [0.717, 1.165) is 0 Å². The smallest absolute Gasteiger partial charge is 0.308 e. The second-order valence-electron chi connectivity index (χ2n) is 2.44. The molecule has 0 saturated carbocycles. The lowest BCUT2D eigenvalue weighted by molar-refractivity contribution is -0.135. The quantitative estimate of drug-likeness (QED) is 0.705. The number of alkyl halides is 3. The summed E-state index contributed by atoms with van der Waals surface area (Å²) in [6.07, 6.45) is -2.74. The molecule has 0 aliphatic rings. The van der Waals surface area contributed by atoms with Gasteiger partial charge in [0.25, 0.3) is 0 Å². The van der Waals surface area contributed by atoms with E-state index in [-0.39, 0.29) is 15.9 Å². The topological polar surface area (TPSA) is 12.0 Å². The zero-order valence-corrected chi connectivity index (χ0v) is 8.41. The molecular formula is C6H12F3NS2. The highest BCUT2D eigenvalue weighted by atomic mass is 32.8. The highest BCUT2D eigenvalue weighted by molar-refractivity contribution is 8.28. The van der Waals surface area contributed by atoms with Gasteiger partial charge in [-0.15, -0.1) is 9.45 Å².